The van der Waals surface area contributed by atoms with Crippen LogP contribution in [-0.4, -0.2) is 48.4 Å². The molecule has 0 aromatic heterocycles. The van der Waals surface area contributed by atoms with E-state index in [1.165, 1.54) is 8.61 Å². The van der Waals surface area contributed by atoms with Crippen molar-refractivity contribution in [3.63, 3.8) is 0 Å². The molecule has 0 aliphatic carbocycles. The van der Waals surface area contributed by atoms with Crippen LogP contribution in [0.4, 0.5) is 0 Å². The quantitative estimate of drug-likeness (QED) is 0.890. The van der Waals surface area contributed by atoms with E-state index < -0.39 is 10.2 Å². The Kier molecular flexibility index (Phi) is 4.57. The van der Waals surface area contributed by atoms with Crippen LogP contribution in [0.2, 0.25) is 0 Å². The molecule has 106 valence electrons. The van der Waals surface area contributed by atoms with Crippen LogP contribution in [0.5, 0.6) is 0 Å². The van der Waals surface area contributed by atoms with Gasteiger partial charge < -0.3 is 5.11 Å². The van der Waals surface area contributed by atoms with Crippen LogP contribution in [0.15, 0.2) is 30.3 Å². The van der Waals surface area contributed by atoms with E-state index in [9.17, 15) is 13.5 Å². The second-order valence-corrected chi connectivity index (χ2v) is 6.92. The van der Waals surface area contributed by atoms with Crippen LogP contribution in [0.25, 0.3) is 0 Å². The predicted molar refractivity (Wildman–Crippen MR) is 73.6 cm³/mol. The molecule has 1 fully saturated rings. The first kappa shape index (κ1) is 14.5. The summed E-state index contributed by atoms with van der Waals surface area (Å²) in [6.07, 6.45) is 0.655. The molecular weight excluding hydrogens is 264 g/mol. The van der Waals surface area contributed by atoms with Gasteiger partial charge in [0.1, 0.15) is 0 Å². The normalized spacial score (nSPS) is 18.9. The summed E-state index contributed by atoms with van der Waals surface area (Å²) in [6, 6.07) is 9.52. The fourth-order valence-electron chi connectivity index (χ4n) is 2.19. The molecule has 0 saturated carbocycles. The van der Waals surface area contributed by atoms with Crippen molar-refractivity contribution in [1.82, 2.24) is 8.61 Å². The number of rotatable bonds is 4. The summed E-state index contributed by atoms with van der Waals surface area (Å²) in [5.41, 5.74) is 0.964. The Balaban J connectivity index is 2.03. The summed E-state index contributed by atoms with van der Waals surface area (Å²) in [7, 11) is -1.84. The first-order chi connectivity index (χ1) is 9.00. The Morgan fingerprint density at radius 1 is 1.26 bits per heavy atom. The van der Waals surface area contributed by atoms with E-state index in [0.717, 1.165) is 5.56 Å². The molecule has 2 rings (SSSR count). The van der Waals surface area contributed by atoms with Gasteiger partial charge in [-0.05, 0) is 18.4 Å². The zero-order chi connectivity index (χ0) is 13.9. The van der Waals surface area contributed by atoms with Gasteiger partial charge in [0, 0.05) is 26.7 Å². The van der Waals surface area contributed by atoms with Crippen LogP contribution in [0, 0.1) is 0 Å². The lowest BCUT2D eigenvalue weighted by Gasteiger charge is -2.32. The standard InChI is InChI=1S/C13H20N2O3S/c1-14(11-12-5-3-2-4-6-12)19(17,18)15-9-7-13(16)8-10-15/h2-6,13,16H,7-11H2,1H3. The average Bonchev–Trinajstić information content (AvgIpc) is 2.40. The Morgan fingerprint density at radius 2 is 1.84 bits per heavy atom. The lowest BCUT2D eigenvalue weighted by Crippen LogP contribution is -2.46. The highest BCUT2D eigenvalue weighted by molar-refractivity contribution is 7.86. The van der Waals surface area contributed by atoms with Gasteiger partial charge in [-0.1, -0.05) is 30.3 Å². The van der Waals surface area contributed by atoms with E-state index in [1.807, 2.05) is 30.3 Å². The van der Waals surface area contributed by atoms with Crippen molar-refractivity contribution in [2.45, 2.75) is 25.5 Å². The van der Waals surface area contributed by atoms with Gasteiger partial charge in [0.05, 0.1) is 6.10 Å². The second-order valence-electron chi connectivity index (χ2n) is 4.88. The van der Waals surface area contributed by atoms with Crippen LogP contribution >= 0.6 is 0 Å². The van der Waals surface area contributed by atoms with Gasteiger partial charge in [-0.3, -0.25) is 0 Å². The monoisotopic (exact) mass is 284 g/mol. The number of hydrogen-bond donors (Lipinski definition) is 1. The summed E-state index contributed by atoms with van der Waals surface area (Å²) in [5.74, 6) is 0. The van der Waals surface area contributed by atoms with Crippen molar-refractivity contribution >= 4 is 10.2 Å². The van der Waals surface area contributed by atoms with Crippen LogP contribution in [0.3, 0.4) is 0 Å². The lowest BCUT2D eigenvalue weighted by atomic mass is 10.1. The van der Waals surface area contributed by atoms with Gasteiger partial charge in [-0.25, -0.2) is 0 Å². The third-order valence-corrected chi connectivity index (χ3v) is 5.33. The van der Waals surface area contributed by atoms with Crippen LogP contribution < -0.4 is 0 Å². The lowest BCUT2D eigenvalue weighted by molar-refractivity contribution is 0.111. The van der Waals surface area contributed by atoms with Crippen molar-refractivity contribution in [2.75, 3.05) is 20.1 Å². The van der Waals surface area contributed by atoms with Crippen molar-refractivity contribution < 1.29 is 13.5 Å². The largest absolute Gasteiger partial charge is 0.393 e. The molecule has 0 radical (unpaired) electrons. The highest BCUT2D eigenvalue weighted by atomic mass is 32.2. The second kappa shape index (κ2) is 6.00. The summed E-state index contributed by atoms with van der Waals surface area (Å²) in [5, 5.41) is 9.43. The maximum Gasteiger partial charge on any atom is 0.282 e. The number of aliphatic hydroxyl groups excluding tert-OH is 1. The van der Waals surface area contributed by atoms with E-state index in [2.05, 4.69) is 0 Å². The van der Waals surface area contributed by atoms with Gasteiger partial charge >= 0.3 is 0 Å². The molecule has 1 N–H and O–H groups in total. The molecule has 1 aromatic carbocycles. The summed E-state index contributed by atoms with van der Waals surface area (Å²) < 4.78 is 27.5. The Bertz CT molecular complexity index is 496. The first-order valence-corrected chi connectivity index (χ1v) is 7.83. The zero-order valence-electron chi connectivity index (χ0n) is 11.1. The summed E-state index contributed by atoms with van der Waals surface area (Å²) in [6.45, 7) is 1.15. The minimum Gasteiger partial charge on any atom is -0.393 e. The molecular formula is C13H20N2O3S. The van der Waals surface area contributed by atoms with E-state index >= 15 is 0 Å². The molecule has 19 heavy (non-hydrogen) atoms. The SMILES string of the molecule is CN(Cc1ccccc1)S(=O)(=O)N1CCC(O)CC1. The summed E-state index contributed by atoms with van der Waals surface area (Å²) >= 11 is 0. The van der Waals surface area contributed by atoms with Crippen LogP contribution in [-0.2, 0) is 16.8 Å². The molecule has 0 unspecified atom stereocenters. The minimum atomic E-state index is -3.43. The molecule has 1 heterocycles. The van der Waals surface area contributed by atoms with Gasteiger partial charge in [-0.2, -0.15) is 17.0 Å². The smallest absolute Gasteiger partial charge is 0.282 e. The van der Waals surface area contributed by atoms with E-state index in [1.54, 1.807) is 7.05 Å². The Hall–Kier alpha value is -0.950. The molecule has 0 spiro atoms. The molecule has 5 nitrogen and oxygen atoms in total. The third kappa shape index (κ3) is 3.54. The average molecular weight is 284 g/mol. The molecule has 1 aliphatic rings. The zero-order valence-corrected chi connectivity index (χ0v) is 11.9. The van der Waals surface area contributed by atoms with Gasteiger partial charge in [0.25, 0.3) is 10.2 Å². The molecule has 0 amide bonds. The number of nitrogens with zero attached hydrogens (tertiary/aromatic N) is 2. The van der Waals surface area contributed by atoms with Crippen molar-refractivity contribution in [3.8, 4) is 0 Å². The highest BCUT2D eigenvalue weighted by Gasteiger charge is 2.30. The molecule has 0 bridgehead atoms. The molecule has 0 atom stereocenters. The molecule has 1 aliphatic heterocycles. The Labute approximate surface area is 114 Å². The van der Waals surface area contributed by atoms with Gasteiger partial charge in [0.15, 0.2) is 0 Å². The fraction of sp³-hybridized carbons (Fsp3) is 0.538. The molecule has 1 aromatic rings. The number of hydrogen-bond acceptors (Lipinski definition) is 3. The number of piperidine rings is 1. The Morgan fingerprint density at radius 3 is 2.42 bits per heavy atom. The maximum absolute atomic E-state index is 12.4. The summed E-state index contributed by atoms with van der Waals surface area (Å²) in [4.78, 5) is 0. The topological polar surface area (TPSA) is 60.9 Å². The first-order valence-electron chi connectivity index (χ1n) is 6.43. The third-order valence-electron chi connectivity index (χ3n) is 3.39. The minimum absolute atomic E-state index is 0.363. The number of benzene rings is 1. The van der Waals surface area contributed by atoms with Crippen LogP contribution in [0.1, 0.15) is 18.4 Å². The molecule has 6 heteroatoms. The van der Waals surface area contributed by atoms with E-state index in [4.69, 9.17) is 0 Å². The predicted octanol–water partition coefficient (Wildman–Crippen LogP) is 0.820. The van der Waals surface area contributed by atoms with Crippen molar-refractivity contribution in [1.29, 1.82) is 0 Å². The van der Waals surface area contributed by atoms with Gasteiger partial charge in [-0.15, -0.1) is 0 Å². The van der Waals surface area contributed by atoms with Gasteiger partial charge in [0.2, 0.25) is 0 Å². The van der Waals surface area contributed by atoms with Crippen molar-refractivity contribution in [3.05, 3.63) is 35.9 Å². The number of aliphatic hydroxyl groups is 1. The van der Waals surface area contributed by atoms with E-state index in [0.29, 0.717) is 32.5 Å². The fourth-order valence-corrected chi connectivity index (χ4v) is 3.57. The molecule has 1 saturated heterocycles. The van der Waals surface area contributed by atoms with Crippen molar-refractivity contribution in [2.24, 2.45) is 0 Å². The highest BCUT2D eigenvalue weighted by Crippen LogP contribution is 2.17. The van der Waals surface area contributed by atoms with E-state index in [-0.39, 0.29) is 6.10 Å². The maximum atomic E-state index is 12.4.